The summed E-state index contributed by atoms with van der Waals surface area (Å²) in [6.07, 6.45) is 1.16. The van der Waals surface area contributed by atoms with Crippen molar-refractivity contribution in [3.8, 4) is 0 Å². The fraction of sp³-hybridized carbons (Fsp3) is 0.625. The van der Waals surface area contributed by atoms with Gasteiger partial charge in [-0.2, -0.15) is 0 Å². The molecule has 0 spiro atoms. The standard InChI is InChI=1S/C16H23F2NO3S/c1-16(2,23(19)20)10-11(3-6-15-21-7-8-22-15)13-9-12(17)4-5-14(13)18/h4-5,9,11,15H,3,6-8,10,19H2,1-2H3/t11-,23?/m1/s1. The lowest BCUT2D eigenvalue weighted by Crippen LogP contribution is -2.34. The topological polar surface area (TPSA) is 61.6 Å². The molecule has 2 rings (SSSR count). The summed E-state index contributed by atoms with van der Waals surface area (Å²) < 4.78 is 49.5. The van der Waals surface area contributed by atoms with Crippen LogP contribution < -0.4 is 5.14 Å². The SMILES string of the molecule is CC(C)(C[C@@H](CCC1OCCO1)c1cc(F)ccc1F)S(N)=O. The first-order valence-electron chi connectivity index (χ1n) is 7.64. The van der Waals surface area contributed by atoms with E-state index in [0.717, 1.165) is 12.1 Å². The largest absolute Gasteiger partial charge is 0.350 e. The van der Waals surface area contributed by atoms with Crippen molar-refractivity contribution >= 4 is 11.0 Å². The first-order chi connectivity index (χ1) is 10.8. The highest BCUT2D eigenvalue weighted by atomic mass is 32.2. The van der Waals surface area contributed by atoms with E-state index in [9.17, 15) is 13.0 Å². The third kappa shape index (κ3) is 5.04. The lowest BCUT2D eigenvalue weighted by molar-refractivity contribution is -0.0490. The monoisotopic (exact) mass is 347 g/mol. The molecule has 23 heavy (non-hydrogen) atoms. The quantitative estimate of drug-likeness (QED) is 0.825. The molecule has 4 nitrogen and oxygen atoms in total. The summed E-state index contributed by atoms with van der Waals surface area (Å²) >= 11 is 0. The molecule has 0 aromatic heterocycles. The van der Waals surface area contributed by atoms with E-state index in [1.165, 1.54) is 6.07 Å². The van der Waals surface area contributed by atoms with Gasteiger partial charge in [-0.25, -0.2) is 13.0 Å². The summed E-state index contributed by atoms with van der Waals surface area (Å²) in [6.45, 7) is 4.61. The van der Waals surface area contributed by atoms with Crippen molar-refractivity contribution in [3.63, 3.8) is 0 Å². The van der Waals surface area contributed by atoms with E-state index in [2.05, 4.69) is 0 Å². The lowest BCUT2D eigenvalue weighted by Gasteiger charge is -2.28. The Bertz CT molecular complexity index is 562. The van der Waals surface area contributed by atoms with Gasteiger partial charge >= 0.3 is 0 Å². The molecule has 2 N–H and O–H groups in total. The van der Waals surface area contributed by atoms with Crippen molar-refractivity contribution in [3.05, 3.63) is 35.4 Å². The van der Waals surface area contributed by atoms with Gasteiger partial charge < -0.3 is 9.47 Å². The van der Waals surface area contributed by atoms with Gasteiger partial charge in [0.05, 0.1) is 28.9 Å². The van der Waals surface area contributed by atoms with E-state index in [1.807, 2.05) is 0 Å². The van der Waals surface area contributed by atoms with Crippen LogP contribution in [0.4, 0.5) is 8.78 Å². The van der Waals surface area contributed by atoms with Crippen molar-refractivity contribution < 1.29 is 22.5 Å². The second-order valence-corrected chi connectivity index (χ2v) is 8.07. The van der Waals surface area contributed by atoms with Crippen LogP contribution in [0.15, 0.2) is 18.2 Å². The molecule has 1 saturated heterocycles. The summed E-state index contributed by atoms with van der Waals surface area (Å²) in [6, 6.07) is 3.41. The van der Waals surface area contributed by atoms with Gasteiger partial charge in [-0.1, -0.05) is 0 Å². The molecule has 1 fully saturated rings. The Labute approximate surface area is 137 Å². The zero-order valence-corrected chi connectivity index (χ0v) is 14.2. The first-order valence-corrected chi connectivity index (χ1v) is 8.85. The molecule has 0 bridgehead atoms. The summed E-state index contributed by atoms with van der Waals surface area (Å²) in [5, 5.41) is 5.54. The number of nitrogens with two attached hydrogens (primary N) is 1. The fourth-order valence-corrected chi connectivity index (χ4v) is 3.15. The minimum atomic E-state index is -1.57. The van der Waals surface area contributed by atoms with E-state index < -0.39 is 27.4 Å². The van der Waals surface area contributed by atoms with Gasteiger partial charge in [-0.05, 0) is 62.8 Å². The van der Waals surface area contributed by atoms with Crippen LogP contribution in [0.2, 0.25) is 0 Å². The highest BCUT2D eigenvalue weighted by Gasteiger charge is 2.31. The van der Waals surface area contributed by atoms with Gasteiger partial charge in [0.1, 0.15) is 11.6 Å². The Morgan fingerprint density at radius 3 is 2.61 bits per heavy atom. The Kier molecular flexibility index (Phi) is 6.25. The summed E-state index contributed by atoms with van der Waals surface area (Å²) in [4.78, 5) is 0. The highest BCUT2D eigenvalue weighted by molar-refractivity contribution is 7.84. The Hall–Kier alpha value is -0.890. The first kappa shape index (κ1) is 18.4. The van der Waals surface area contributed by atoms with E-state index in [1.54, 1.807) is 13.8 Å². The van der Waals surface area contributed by atoms with Crippen LogP contribution in [0.3, 0.4) is 0 Å². The highest BCUT2D eigenvalue weighted by Crippen LogP contribution is 2.35. The molecule has 7 heteroatoms. The zero-order chi connectivity index (χ0) is 17.0. The van der Waals surface area contributed by atoms with E-state index in [-0.39, 0.29) is 17.8 Å². The second kappa shape index (κ2) is 7.79. The fourth-order valence-electron chi connectivity index (χ4n) is 2.78. The number of rotatable bonds is 7. The van der Waals surface area contributed by atoms with Crippen LogP contribution in [0.25, 0.3) is 0 Å². The molecule has 1 aliphatic heterocycles. The summed E-state index contributed by atoms with van der Waals surface area (Å²) in [5.41, 5.74) is 0.279. The molecule has 130 valence electrons. The van der Waals surface area contributed by atoms with Crippen LogP contribution in [-0.4, -0.2) is 28.5 Å². The van der Waals surface area contributed by atoms with Gasteiger partial charge in [-0.15, -0.1) is 0 Å². The lowest BCUT2D eigenvalue weighted by atomic mass is 9.86. The molecule has 1 unspecified atom stereocenters. The van der Waals surface area contributed by atoms with Crippen LogP contribution >= 0.6 is 0 Å². The molecular formula is C16H23F2NO3S. The van der Waals surface area contributed by atoms with Crippen molar-refractivity contribution in [2.45, 2.75) is 50.1 Å². The maximum Gasteiger partial charge on any atom is 0.157 e. The minimum absolute atomic E-state index is 0.279. The molecule has 1 aromatic rings. The number of ether oxygens (including phenoxy) is 2. The zero-order valence-electron chi connectivity index (χ0n) is 13.4. The predicted octanol–water partition coefficient (Wildman–Crippen LogP) is 2.99. The minimum Gasteiger partial charge on any atom is -0.350 e. The molecule has 0 aliphatic carbocycles. The van der Waals surface area contributed by atoms with Crippen LogP contribution in [0, 0.1) is 11.6 Å². The van der Waals surface area contributed by atoms with Gasteiger partial charge in [0.15, 0.2) is 6.29 Å². The molecule has 2 atom stereocenters. The Balaban J connectivity index is 2.19. The van der Waals surface area contributed by atoms with Crippen molar-refractivity contribution in [1.82, 2.24) is 0 Å². The van der Waals surface area contributed by atoms with Crippen molar-refractivity contribution in [2.24, 2.45) is 5.14 Å². The average molecular weight is 347 g/mol. The van der Waals surface area contributed by atoms with Gasteiger partial charge in [0.25, 0.3) is 0 Å². The molecule has 0 saturated carbocycles. The van der Waals surface area contributed by atoms with Crippen LogP contribution in [0.1, 0.15) is 44.6 Å². The average Bonchev–Trinajstić information content (AvgIpc) is 2.99. The smallest absolute Gasteiger partial charge is 0.157 e. The molecule has 0 amide bonds. The molecule has 0 radical (unpaired) electrons. The third-order valence-electron chi connectivity index (χ3n) is 4.12. The maximum atomic E-state index is 14.2. The number of hydrogen-bond acceptors (Lipinski definition) is 3. The van der Waals surface area contributed by atoms with E-state index in [4.69, 9.17) is 14.6 Å². The van der Waals surface area contributed by atoms with Crippen molar-refractivity contribution in [2.75, 3.05) is 13.2 Å². The summed E-state index contributed by atoms with van der Waals surface area (Å²) in [7, 11) is -1.57. The Morgan fingerprint density at radius 2 is 2.00 bits per heavy atom. The maximum absolute atomic E-state index is 14.2. The molecule has 1 aromatic carbocycles. The predicted molar refractivity (Wildman–Crippen MR) is 85.1 cm³/mol. The van der Waals surface area contributed by atoms with Gasteiger partial charge in [0.2, 0.25) is 0 Å². The van der Waals surface area contributed by atoms with E-state index in [0.29, 0.717) is 32.5 Å². The Morgan fingerprint density at radius 1 is 1.35 bits per heavy atom. The van der Waals surface area contributed by atoms with Crippen LogP contribution in [0.5, 0.6) is 0 Å². The third-order valence-corrected chi connectivity index (χ3v) is 5.38. The number of hydrogen-bond donors (Lipinski definition) is 1. The van der Waals surface area contributed by atoms with Crippen molar-refractivity contribution in [1.29, 1.82) is 0 Å². The van der Waals surface area contributed by atoms with Crippen LogP contribution in [-0.2, 0) is 20.5 Å². The van der Waals surface area contributed by atoms with Gasteiger partial charge in [0, 0.05) is 0 Å². The summed E-state index contributed by atoms with van der Waals surface area (Å²) in [5.74, 6) is -1.28. The van der Waals surface area contributed by atoms with E-state index >= 15 is 0 Å². The number of halogens is 2. The van der Waals surface area contributed by atoms with Gasteiger partial charge in [-0.3, -0.25) is 5.14 Å². The second-order valence-electron chi connectivity index (χ2n) is 6.37. The molecular weight excluding hydrogens is 324 g/mol. The molecule has 1 heterocycles. The number of benzene rings is 1. The normalized spacial score (nSPS) is 19.0. The molecule has 1 aliphatic rings.